The molecule has 3 aliphatic heterocycles. The van der Waals surface area contributed by atoms with Crippen LogP contribution in [-0.2, 0) is 14.4 Å². The van der Waals surface area contributed by atoms with E-state index in [4.69, 9.17) is 41.6 Å². The summed E-state index contributed by atoms with van der Waals surface area (Å²) in [5.74, 6) is -3.33. The van der Waals surface area contributed by atoms with E-state index < -0.39 is 82.4 Å². The lowest BCUT2D eigenvalue weighted by molar-refractivity contribution is -0.131. The van der Waals surface area contributed by atoms with Crippen molar-refractivity contribution in [3.05, 3.63) is 90.0 Å². The Bertz CT molecular complexity index is 3520. The van der Waals surface area contributed by atoms with Gasteiger partial charge in [0, 0.05) is 96.6 Å². The molecule has 0 bridgehead atoms. The molecule has 9 rings (SSSR count). The Morgan fingerprint density at radius 1 is 0.609 bits per heavy atom. The normalized spacial score (nSPS) is 26.4. The Labute approximate surface area is 424 Å². The number of nitrogens with zero attached hydrogens (tertiary/aromatic N) is 15. The molecule has 3 N–H and O–H groups in total. The predicted molar refractivity (Wildman–Crippen MR) is 264 cm³/mol. The van der Waals surface area contributed by atoms with Crippen molar-refractivity contribution < 1.29 is 36.3 Å². The minimum Gasteiger partial charge on any atom is -0.354 e. The van der Waals surface area contributed by atoms with Gasteiger partial charge in [-0.05, 0) is 55.2 Å². The van der Waals surface area contributed by atoms with Gasteiger partial charge in [0.15, 0.2) is 0 Å². The van der Waals surface area contributed by atoms with Crippen molar-refractivity contribution in [3.63, 3.8) is 0 Å². The second kappa shape index (κ2) is 22.3. The van der Waals surface area contributed by atoms with Crippen molar-refractivity contribution in [2.45, 2.75) is 58.1 Å². The molecule has 3 fully saturated rings. The van der Waals surface area contributed by atoms with Crippen LogP contribution in [0, 0.1) is 37.4 Å². The van der Waals surface area contributed by atoms with E-state index in [0.717, 1.165) is 9.80 Å². The lowest BCUT2D eigenvalue weighted by Crippen LogP contribution is -2.53. The summed E-state index contributed by atoms with van der Waals surface area (Å²) in [5, 5.41) is 1.27. The molecule has 21 nitrogen and oxygen atoms in total. The largest absolute Gasteiger partial charge is 0.354 e. The Kier molecular flexibility index (Phi) is 10.3. The van der Waals surface area contributed by atoms with Crippen LogP contribution in [0.5, 0.6) is 0 Å². The molecule has 21 heteroatoms. The number of nitrogens with one attached hydrogen (secondary N) is 3. The van der Waals surface area contributed by atoms with E-state index in [1.54, 1.807) is 42.4 Å². The van der Waals surface area contributed by atoms with Crippen molar-refractivity contribution in [1.29, 1.82) is 0 Å². The number of H-pyrrole nitrogens is 3. The molecule has 0 aliphatic carbocycles. The monoisotopic (exact) mass is 953 g/mol. The van der Waals surface area contributed by atoms with Crippen LogP contribution in [0.25, 0.3) is 47.6 Å². The maximum atomic E-state index is 12.3. The lowest BCUT2D eigenvalue weighted by atomic mass is 9.92. The summed E-state index contributed by atoms with van der Waals surface area (Å²) in [6.45, 7) is 13.7. The maximum absolute atomic E-state index is 12.3. The van der Waals surface area contributed by atoms with Gasteiger partial charge in [-0.1, -0.05) is 20.7 Å². The molecule has 6 aromatic rings. The minimum absolute atomic E-state index is 0.0134. The summed E-state index contributed by atoms with van der Waals surface area (Å²) in [7, 11) is 0. The average Bonchev–Trinajstić information content (AvgIpc) is 2.59. The van der Waals surface area contributed by atoms with Crippen LogP contribution >= 0.6 is 0 Å². The topological polar surface area (TPSA) is 208 Å². The molecular formula is C48H60N18O3. The van der Waals surface area contributed by atoms with E-state index in [0.29, 0.717) is 40.4 Å². The van der Waals surface area contributed by atoms with Gasteiger partial charge in [0.25, 0.3) is 19.6 Å². The van der Waals surface area contributed by atoms with E-state index in [1.807, 2.05) is 6.92 Å². The third-order valence-corrected chi connectivity index (χ3v) is 12.5. The molecule has 3 amide bonds. The van der Waals surface area contributed by atoms with Gasteiger partial charge < -0.3 is 58.9 Å². The molecule has 360 valence electrons. The number of hydrogen-bond acceptors (Lipinski definition) is 12. The number of piperidine rings is 3. The van der Waals surface area contributed by atoms with Gasteiger partial charge in [-0.25, -0.2) is 49.6 Å². The van der Waals surface area contributed by atoms with E-state index in [-0.39, 0.29) is 106 Å². The Morgan fingerprint density at radius 2 is 0.971 bits per heavy atom. The highest BCUT2D eigenvalue weighted by atomic mass is 16.2. The molecule has 69 heavy (non-hydrogen) atoms. The quantitative estimate of drug-likeness (QED) is 0.169. The van der Waals surface area contributed by atoms with Crippen LogP contribution in [0.1, 0.15) is 61.9 Å². The third-order valence-electron chi connectivity index (χ3n) is 12.5. The first kappa shape index (κ1) is 32.0. The van der Waals surface area contributed by atoms with Gasteiger partial charge in [-0.2, -0.15) is 0 Å². The zero-order chi connectivity index (χ0) is 62.7. The average molecular weight is 953 g/mol. The first-order valence-electron chi connectivity index (χ1n) is 29.9. The third kappa shape index (κ3) is 11.0. The molecule has 0 spiro atoms. The zero-order valence-corrected chi connectivity index (χ0v) is 37.8. The molecule has 6 aromatic heterocycles. The van der Waals surface area contributed by atoms with Gasteiger partial charge in [0.2, 0.25) is 0 Å². The SMILES string of the molecule is [2H]c1nc(N([C@H]2CN(C(=O)C[N+]#[C-])CC[C@@]2([2H])C)C([2H])([2H])[2H])c2cc[nH]c2n1.[2H]c1nc(N([C@H]2CN(C(=O)C[N+]#[C-])CC[C@H]2C([2H])([2H])[2H])C([2H])([2H])[2H])c2cc[nH]c2n1.[2H]c1nc(N([C@H]2CN(C(=O)C[N+]#[C-])CC[C@H]2C)C([2H])([2H])[2H])c2cc[nH]c2n1. The zero-order valence-electron chi connectivity index (χ0n) is 53.8. The molecule has 0 radical (unpaired) electrons. The second-order valence-electron chi connectivity index (χ2n) is 16.6. The van der Waals surface area contributed by atoms with Crippen molar-refractivity contribution in [1.82, 2.24) is 59.6 Å². The number of anilines is 3. The summed E-state index contributed by atoms with van der Waals surface area (Å²) in [5.41, 5.74) is 0.970. The predicted octanol–water partition coefficient (Wildman–Crippen LogP) is 4.65. The molecule has 9 heterocycles. The number of carbonyl (C=O) groups excluding carboxylic acids is 3. The fraction of sp³-hybridized carbons (Fsp3) is 0.500. The van der Waals surface area contributed by atoms with Gasteiger partial charge in [-0.3, -0.25) is 14.4 Å². The molecule has 0 saturated carbocycles. The first-order chi connectivity index (χ1) is 39.7. The summed E-state index contributed by atoms with van der Waals surface area (Å²) in [6, 6.07) is 2.30. The van der Waals surface area contributed by atoms with Gasteiger partial charge >= 0.3 is 17.7 Å². The standard InChI is InChI=1S/3C16H20N6O/c3*1-11-5-7-22(14(23)8-17-2)9-13(11)21(3)16-12-4-6-18-15(12)19-10-20-16/h3*4,6,10-11,13H,5,7-9H2,1,3H3,(H,18,19,20)/t3*11-,13+/m111/s1/i3D3,10D,11D;1D3,3D3,10D;3D3,10D. The first-order valence-corrected chi connectivity index (χ1v) is 21.9. The van der Waals surface area contributed by atoms with Crippen LogP contribution in [0.15, 0.2) is 55.7 Å². The Hall–Kier alpha value is -7.86. The number of carbonyl (C=O) groups is 3. The molecule has 3 saturated heterocycles. The summed E-state index contributed by atoms with van der Waals surface area (Å²) in [6.07, 6.45) is 4.60. The van der Waals surface area contributed by atoms with Crippen LogP contribution in [0.2, 0.25) is 0 Å². The lowest BCUT2D eigenvalue weighted by Gasteiger charge is -2.41. The summed E-state index contributed by atoms with van der Waals surface area (Å²) in [4.78, 5) is 86.0. The Morgan fingerprint density at radius 3 is 1.36 bits per heavy atom. The van der Waals surface area contributed by atoms with Crippen molar-refractivity contribution in [2.24, 2.45) is 17.7 Å². The number of likely N-dealkylation sites (N-methyl/N-ethyl adjacent to an activating group) is 3. The molecule has 3 aliphatic rings. The highest BCUT2D eigenvalue weighted by Crippen LogP contribution is 2.31. The number of hydrogen-bond donors (Lipinski definition) is 3. The van der Waals surface area contributed by atoms with Gasteiger partial charge in [0.05, 0.1) is 34.3 Å². The second-order valence-corrected chi connectivity index (χ2v) is 16.6. The number of aromatic amines is 3. The fourth-order valence-electron chi connectivity index (χ4n) is 8.46. The van der Waals surface area contributed by atoms with Crippen molar-refractivity contribution in [2.75, 3.05) is 94.5 Å². The number of likely N-dealkylation sites (tertiary alicyclic amines) is 3. The smallest absolute Gasteiger partial charge is 0.302 e. The van der Waals surface area contributed by atoms with E-state index in [2.05, 4.69) is 59.4 Å². The molecule has 0 unspecified atom stereocenters. The van der Waals surface area contributed by atoms with Gasteiger partial charge in [0.1, 0.15) is 57.4 Å². The number of rotatable bonds is 9. The number of fused-ring (bicyclic) bond motifs is 3. The summed E-state index contributed by atoms with van der Waals surface area (Å²) < 4.78 is 129. The molecular weight excluding hydrogens is 877 g/mol. The molecule has 6 atom stereocenters. The van der Waals surface area contributed by atoms with Crippen molar-refractivity contribution in [3.8, 4) is 0 Å². The molecule has 0 aromatic carbocycles. The Balaban J connectivity index is 0.000000183. The van der Waals surface area contributed by atoms with E-state index in [1.165, 1.54) is 20.9 Å². The van der Waals surface area contributed by atoms with E-state index >= 15 is 0 Å². The number of amides is 3. The minimum atomic E-state index is -2.80. The highest BCUT2D eigenvalue weighted by Gasteiger charge is 2.36. The van der Waals surface area contributed by atoms with Crippen LogP contribution in [0.3, 0.4) is 0 Å². The fourth-order valence-corrected chi connectivity index (χ4v) is 8.46. The van der Waals surface area contributed by atoms with Crippen LogP contribution in [-0.4, -0.2) is 175 Å². The maximum Gasteiger partial charge on any atom is 0.302 e. The summed E-state index contributed by atoms with van der Waals surface area (Å²) >= 11 is 0. The van der Waals surface area contributed by atoms with E-state index in [9.17, 15) is 14.4 Å². The van der Waals surface area contributed by atoms with Crippen LogP contribution in [0.4, 0.5) is 17.5 Å². The van der Waals surface area contributed by atoms with Crippen molar-refractivity contribution >= 4 is 68.3 Å². The van der Waals surface area contributed by atoms with Gasteiger partial charge in [-0.15, -0.1) is 0 Å². The number of aromatic nitrogens is 9. The highest BCUT2D eigenvalue weighted by molar-refractivity contribution is 5.89. The van der Waals surface area contributed by atoms with Crippen LogP contribution < -0.4 is 14.7 Å².